The van der Waals surface area contributed by atoms with Gasteiger partial charge in [0.2, 0.25) is 17.6 Å². The van der Waals surface area contributed by atoms with E-state index in [4.69, 9.17) is 9.26 Å². The van der Waals surface area contributed by atoms with E-state index >= 15 is 0 Å². The van der Waals surface area contributed by atoms with E-state index in [9.17, 15) is 18.0 Å². The molecule has 1 aliphatic heterocycles. The quantitative estimate of drug-likeness (QED) is 0.632. The molecule has 0 saturated carbocycles. The van der Waals surface area contributed by atoms with Crippen molar-refractivity contribution in [2.75, 3.05) is 39.4 Å². The zero-order valence-corrected chi connectivity index (χ0v) is 17.0. The van der Waals surface area contributed by atoms with Crippen molar-refractivity contribution in [3.63, 3.8) is 0 Å². The number of aromatic nitrogens is 2. The van der Waals surface area contributed by atoms with E-state index in [1.165, 1.54) is 12.1 Å². The fourth-order valence-corrected chi connectivity index (χ4v) is 3.33. The van der Waals surface area contributed by atoms with E-state index < -0.39 is 11.7 Å². The molecule has 0 radical (unpaired) electrons. The lowest BCUT2D eigenvalue weighted by atomic mass is 10.1. The Bertz CT molecular complexity index is 848. The molecule has 2 heterocycles. The van der Waals surface area contributed by atoms with E-state index in [0.717, 1.165) is 12.1 Å². The average molecular weight is 426 g/mol. The van der Waals surface area contributed by atoms with E-state index in [0.29, 0.717) is 51.7 Å². The van der Waals surface area contributed by atoms with Crippen LogP contribution in [-0.4, -0.2) is 65.2 Å². The fourth-order valence-electron chi connectivity index (χ4n) is 3.33. The van der Waals surface area contributed by atoms with Gasteiger partial charge in [-0.3, -0.25) is 9.69 Å². The molecule has 3 rings (SSSR count). The Balaban J connectivity index is 1.60. The number of alkyl halides is 3. The van der Waals surface area contributed by atoms with Crippen LogP contribution in [0.4, 0.5) is 13.2 Å². The molecule has 0 bridgehead atoms. The third-order valence-corrected chi connectivity index (χ3v) is 5.13. The fraction of sp³-hybridized carbons (Fsp3) is 0.550. The number of piperazine rings is 1. The van der Waals surface area contributed by atoms with Gasteiger partial charge in [-0.15, -0.1) is 0 Å². The second-order valence-electron chi connectivity index (χ2n) is 7.07. The first-order chi connectivity index (χ1) is 14.3. The monoisotopic (exact) mass is 426 g/mol. The minimum atomic E-state index is -4.43. The first-order valence-corrected chi connectivity index (χ1v) is 9.90. The molecule has 1 fully saturated rings. The van der Waals surface area contributed by atoms with Gasteiger partial charge in [-0.25, -0.2) is 0 Å². The van der Waals surface area contributed by atoms with Crippen LogP contribution in [0.25, 0.3) is 11.4 Å². The SMILES string of the molecule is CCOCCC(=O)N1CCN(C(C)c2nc(-c3cccc(C(F)(F)F)c3)no2)CC1. The molecule has 0 spiro atoms. The molecule has 0 N–H and O–H groups in total. The minimum Gasteiger partial charge on any atom is -0.381 e. The summed E-state index contributed by atoms with van der Waals surface area (Å²) in [4.78, 5) is 20.4. The van der Waals surface area contributed by atoms with Crippen molar-refractivity contribution in [2.24, 2.45) is 0 Å². The molecule has 30 heavy (non-hydrogen) atoms. The van der Waals surface area contributed by atoms with Gasteiger partial charge < -0.3 is 14.2 Å². The van der Waals surface area contributed by atoms with Crippen LogP contribution in [0.2, 0.25) is 0 Å². The molecule has 10 heteroatoms. The van der Waals surface area contributed by atoms with Crippen molar-refractivity contribution in [2.45, 2.75) is 32.5 Å². The smallest absolute Gasteiger partial charge is 0.381 e. The summed E-state index contributed by atoms with van der Waals surface area (Å²) in [6.45, 7) is 7.26. The highest BCUT2D eigenvalue weighted by Gasteiger charge is 2.31. The van der Waals surface area contributed by atoms with Crippen molar-refractivity contribution < 1.29 is 27.2 Å². The molecule has 1 amide bonds. The second kappa shape index (κ2) is 9.57. The second-order valence-corrected chi connectivity index (χ2v) is 7.07. The van der Waals surface area contributed by atoms with Crippen LogP contribution in [0.1, 0.15) is 37.8 Å². The molecular weight excluding hydrogens is 401 g/mol. The average Bonchev–Trinajstić information content (AvgIpc) is 3.23. The molecular formula is C20H25F3N4O3. The van der Waals surface area contributed by atoms with Gasteiger partial charge in [0.1, 0.15) is 0 Å². The summed E-state index contributed by atoms with van der Waals surface area (Å²) in [6, 6.07) is 4.63. The van der Waals surface area contributed by atoms with Gasteiger partial charge in [0, 0.05) is 38.3 Å². The molecule has 2 aromatic rings. The highest BCUT2D eigenvalue weighted by molar-refractivity contribution is 5.76. The van der Waals surface area contributed by atoms with Crippen LogP contribution in [0.5, 0.6) is 0 Å². The van der Waals surface area contributed by atoms with Crippen molar-refractivity contribution >= 4 is 5.91 Å². The normalized spacial score (nSPS) is 16.6. The molecule has 1 saturated heterocycles. The number of carbonyl (C=O) groups excluding carboxylic acids is 1. The maximum Gasteiger partial charge on any atom is 0.416 e. The lowest BCUT2D eigenvalue weighted by molar-refractivity contribution is -0.137. The Kier molecular flexibility index (Phi) is 7.09. The number of halogens is 3. The Morgan fingerprint density at radius 1 is 1.27 bits per heavy atom. The maximum absolute atomic E-state index is 12.9. The van der Waals surface area contributed by atoms with Crippen LogP contribution >= 0.6 is 0 Å². The van der Waals surface area contributed by atoms with Gasteiger partial charge in [0.05, 0.1) is 24.6 Å². The van der Waals surface area contributed by atoms with Gasteiger partial charge in [0.15, 0.2) is 0 Å². The number of hydrogen-bond acceptors (Lipinski definition) is 6. The number of carbonyl (C=O) groups is 1. The summed E-state index contributed by atoms with van der Waals surface area (Å²) in [6.07, 6.45) is -4.07. The van der Waals surface area contributed by atoms with E-state index in [2.05, 4.69) is 15.0 Å². The summed E-state index contributed by atoms with van der Waals surface area (Å²) >= 11 is 0. The number of ether oxygens (including phenoxy) is 1. The van der Waals surface area contributed by atoms with Crippen LogP contribution < -0.4 is 0 Å². The Labute approximate surface area is 172 Å². The standard InChI is InChI=1S/C20H25F3N4O3/c1-3-29-12-7-17(28)27-10-8-26(9-11-27)14(2)19-24-18(25-30-19)15-5-4-6-16(13-15)20(21,22)23/h4-6,13-14H,3,7-12H2,1-2H3. The molecule has 1 unspecified atom stereocenters. The zero-order valence-electron chi connectivity index (χ0n) is 17.0. The zero-order chi connectivity index (χ0) is 21.7. The van der Waals surface area contributed by atoms with E-state index in [1.54, 1.807) is 0 Å². The lowest BCUT2D eigenvalue weighted by Gasteiger charge is -2.36. The Morgan fingerprint density at radius 2 is 2.00 bits per heavy atom. The number of amides is 1. The molecule has 164 valence electrons. The Hall–Kier alpha value is -2.46. The van der Waals surface area contributed by atoms with Gasteiger partial charge in [-0.05, 0) is 26.0 Å². The van der Waals surface area contributed by atoms with E-state index in [-0.39, 0.29) is 23.3 Å². The third kappa shape index (κ3) is 5.37. The van der Waals surface area contributed by atoms with Crippen molar-refractivity contribution in [1.82, 2.24) is 19.9 Å². The Morgan fingerprint density at radius 3 is 2.67 bits per heavy atom. The van der Waals surface area contributed by atoms with Crippen LogP contribution in [0.3, 0.4) is 0 Å². The highest BCUT2D eigenvalue weighted by atomic mass is 19.4. The lowest BCUT2D eigenvalue weighted by Crippen LogP contribution is -2.49. The molecule has 1 aromatic carbocycles. The molecule has 7 nitrogen and oxygen atoms in total. The van der Waals surface area contributed by atoms with Crippen LogP contribution in [0, 0.1) is 0 Å². The number of hydrogen-bond donors (Lipinski definition) is 0. The summed E-state index contributed by atoms with van der Waals surface area (Å²) in [5.74, 6) is 0.520. The van der Waals surface area contributed by atoms with Gasteiger partial charge in [-0.2, -0.15) is 18.2 Å². The molecule has 1 aromatic heterocycles. The van der Waals surface area contributed by atoms with Crippen molar-refractivity contribution in [3.05, 3.63) is 35.7 Å². The highest BCUT2D eigenvalue weighted by Crippen LogP contribution is 2.32. The number of benzene rings is 1. The maximum atomic E-state index is 12.9. The summed E-state index contributed by atoms with van der Waals surface area (Å²) in [7, 11) is 0. The van der Waals surface area contributed by atoms with Gasteiger partial charge >= 0.3 is 6.18 Å². The molecule has 1 aliphatic rings. The largest absolute Gasteiger partial charge is 0.416 e. The van der Waals surface area contributed by atoms with Crippen molar-refractivity contribution in [3.8, 4) is 11.4 Å². The molecule has 1 atom stereocenters. The topological polar surface area (TPSA) is 71.7 Å². The third-order valence-electron chi connectivity index (χ3n) is 5.13. The van der Waals surface area contributed by atoms with Crippen LogP contribution in [-0.2, 0) is 15.7 Å². The predicted molar refractivity (Wildman–Crippen MR) is 102 cm³/mol. The van der Waals surface area contributed by atoms with Gasteiger partial charge in [0.25, 0.3) is 0 Å². The summed E-state index contributed by atoms with van der Waals surface area (Å²) in [5, 5.41) is 3.85. The summed E-state index contributed by atoms with van der Waals surface area (Å²) in [5.41, 5.74) is -0.513. The van der Waals surface area contributed by atoms with Crippen molar-refractivity contribution in [1.29, 1.82) is 0 Å². The van der Waals surface area contributed by atoms with Gasteiger partial charge in [-0.1, -0.05) is 17.3 Å². The predicted octanol–water partition coefficient (Wildman–Crippen LogP) is 3.39. The first-order valence-electron chi connectivity index (χ1n) is 9.90. The first kappa shape index (κ1) is 22.2. The molecule has 0 aliphatic carbocycles. The summed E-state index contributed by atoms with van der Waals surface area (Å²) < 4.78 is 49.3. The number of rotatable bonds is 7. The number of nitrogens with zero attached hydrogens (tertiary/aromatic N) is 4. The van der Waals surface area contributed by atoms with Crippen LogP contribution in [0.15, 0.2) is 28.8 Å². The minimum absolute atomic E-state index is 0.0698. The van der Waals surface area contributed by atoms with E-state index in [1.807, 2.05) is 18.7 Å².